The van der Waals surface area contributed by atoms with Gasteiger partial charge in [0.1, 0.15) is 11.6 Å². The van der Waals surface area contributed by atoms with Crippen LogP contribution in [0.2, 0.25) is 0 Å². The van der Waals surface area contributed by atoms with E-state index in [2.05, 4.69) is 15.9 Å². The fourth-order valence-corrected chi connectivity index (χ4v) is 2.65. The van der Waals surface area contributed by atoms with E-state index in [0.29, 0.717) is 17.3 Å². The Morgan fingerprint density at radius 2 is 2.24 bits per heavy atom. The van der Waals surface area contributed by atoms with Gasteiger partial charge in [0.2, 0.25) is 0 Å². The zero-order chi connectivity index (χ0) is 12.5. The second-order valence-electron chi connectivity index (χ2n) is 4.35. The second kappa shape index (κ2) is 5.00. The first-order valence-electron chi connectivity index (χ1n) is 5.35. The summed E-state index contributed by atoms with van der Waals surface area (Å²) in [7, 11) is 0. The largest absolute Gasteiger partial charge is 0.395 e. The number of aliphatic hydroxyl groups excluding tert-OH is 1. The van der Waals surface area contributed by atoms with Crippen LogP contribution in [-0.4, -0.2) is 29.8 Å². The number of hydrogen-bond acceptors (Lipinski definition) is 2. The van der Waals surface area contributed by atoms with Crippen LogP contribution < -0.4 is 0 Å². The third-order valence-electron chi connectivity index (χ3n) is 3.19. The average molecular weight is 307 g/mol. The summed E-state index contributed by atoms with van der Waals surface area (Å²) in [6.45, 7) is 0.0430. The van der Waals surface area contributed by atoms with Crippen molar-refractivity contribution in [3.63, 3.8) is 0 Å². The molecular weight excluding hydrogens is 294 g/mol. The van der Waals surface area contributed by atoms with Gasteiger partial charge < -0.3 is 9.84 Å². The van der Waals surface area contributed by atoms with Crippen molar-refractivity contribution in [1.29, 1.82) is 0 Å². The molecule has 1 aliphatic rings. The van der Waals surface area contributed by atoms with Gasteiger partial charge in [-0.3, -0.25) is 0 Å². The SMILES string of the molecule is OCC1(c2ccc(F)cc2F)COC(CBr)C1. The molecule has 2 nitrogen and oxygen atoms in total. The Morgan fingerprint density at radius 1 is 1.47 bits per heavy atom. The number of halogens is 3. The van der Waals surface area contributed by atoms with Crippen molar-refractivity contribution in [2.75, 3.05) is 18.5 Å². The van der Waals surface area contributed by atoms with Crippen molar-refractivity contribution >= 4 is 15.9 Å². The highest BCUT2D eigenvalue weighted by Crippen LogP contribution is 2.38. The predicted octanol–water partition coefficient (Wildman–Crippen LogP) is 2.38. The minimum Gasteiger partial charge on any atom is -0.395 e. The van der Waals surface area contributed by atoms with Crippen molar-refractivity contribution < 1.29 is 18.6 Å². The third-order valence-corrected chi connectivity index (χ3v) is 3.91. The summed E-state index contributed by atoms with van der Waals surface area (Å²) in [5.41, 5.74) is -0.430. The van der Waals surface area contributed by atoms with Crippen LogP contribution in [-0.2, 0) is 10.2 Å². The molecule has 1 saturated heterocycles. The highest BCUT2D eigenvalue weighted by molar-refractivity contribution is 9.09. The lowest BCUT2D eigenvalue weighted by atomic mass is 9.79. The minimum absolute atomic E-state index is 0.0494. The molecule has 1 aliphatic heterocycles. The normalized spacial score (nSPS) is 28.6. The van der Waals surface area contributed by atoms with E-state index in [1.54, 1.807) is 0 Å². The van der Waals surface area contributed by atoms with Crippen LogP contribution in [0.4, 0.5) is 8.78 Å². The summed E-state index contributed by atoms with van der Waals surface area (Å²) in [5, 5.41) is 10.2. The van der Waals surface area contributed by atoms with E-state index < -0.39 is 17.0 Å². The first-order chi connectivity index (χ1) is 8.11. The molecule has 1 heterocycles. The van der Waals surface area contributed by atoms with Crippen LogP contribution in [0.25, 0.3) is 0 Å². The molecule has 1 aromatic carbocycles. The van der Waals surface area contributed by atoms with E-state index in [4.69, 9.17) is 4.74 Å². The molecule has 0 radical (unpaired) electrons. The van der Waals surface area contributed by atoms with Gasteiger partial charge in [-0.15, -0.1) is 0 Å². The molecule has 0 aliphatic carbocycles. The summed E-state index contributed by atoms with van der Waals surface area (Å²) in [6.07, 6.45) is 0.476. The molecule has 17 heavy (non-hydrogen) atoms. The van der Waals surface area contributed by atoms with E-state index in [1.165, 1.54) is 12.1 Å². The van der Waals surface area contributed by atoms with E-state index >= 15 is 0 Å². The van der Waals surface area contributed by atoms with Gasteiger partial charge in [-0.1, -0.05) is 22.0 Å². The number of hydrogen-bond donors (Lipinski definition) is 1. The fraction of sp³-hybridized carbons (Fsp3) is 0.500. The Morgan fingerprint density at radius 3 is 2.76 bits per heavy atom. The molecule has 1 N–H and O–H groups in total. The fourth-order valence-electron chi connectivity index (χ4n) is 2.23. The molecule has 0 spiro atoms. The molecule has 2 rings (SSSR count). The molecule has 1 fully saturated rings. The summed E-state index contributed by atoms with van der Waals surface area (Å²) in [5.74, 6) is -1.24. The zero-order valence-electron chi connectivity index (χ0n) is 9.13. The summed E-state index contributed by atoms with van der Waals surface area (Å²) < 4.78 is 32.1. The Balaban J connectivity index is 2.35. The molecule has 0 aromatic heterocycles. The first-order valence-corrected chi connectivity index (χ1v) is 6.47. The van der Waals surface area contributed by atoms with E-state index in [0.717, 1.165) is 6.07 Å². The summed E-state index contributed by atoms with van der Waals surface area (Å²) >= 11 is 3.30. The quantitative estimate of drug-likeness (QED) is 0.869. The molecule has 0 saturated carbocycles. The molecular formula is C12H13BrF2O2. The van der Waals surface area contributed by atoms with Gasteiger partial charge in [-0.2, -0.15) is 0 Å². The maximum atomic E-state index is 13.7. The molecule has 0 bridgehead atoms. The Labute approximate surface area is 107 Å². The minimum atomic E-state index is -0.754. The average Bonchev–Trinajstić information content (AvgIpc) is 2.74. The van der Waals surface area contributed by atoms with Crippen molar-refractivity contribution in [3.05, 3.63) is 35.4 Å². The smallest absolute Gasteiger partial charge is 0.130 e. The number of rotatable bonds is 3. The van der Waals surface area contributed by atoms with E-state index in [-0.39, 0.29) is 19.3 Å². The van der Waals surface area contributed by atoms with Gasteiger partial charge >= 0.3 is 0 Å². The molecule has 0 amide bonds. The number of aliphatic hydroxyl groups is 1. The lowest BCUT2D eigenvalue weighted by Gasteiger charge is -2.26. The van der Waals surface area contributed by atoms with Crippen molar-refractivity contribution in [1.82, 2.24) is 0 Å². The van der Waals surface area contributed by atoms with Crippen LogP contribution in [0.3, 0.4) is 0 Å². The standard InChI is InChI=1S/C12H13BrF2O2/c13-5-9-4-12(6-16,7-17-9)10-2-1-8(14)3-11(10)15/h1-3,9,16H,4-7H2. The van der Waals surface area contributed by atoms with Crippen molar-refractivity contribution in [3.8, 4) is 0 Å². The van der Waals surface area contributed by atoms with Crippen molar-refractivity contribution in [2.24, 2.45) is 0 Å². The highest BCUT2D eigenvalue weighted by Gasteiger charge is 2.42. The Bertz CT molecular complexity index is 413. The van der Waals surface area contributed by atoms with Crippen molar-refractivity contribution in [2.45, 2.75) is 17.9 Å². The van der Waals surface area contributed by atoms with Gasteiger partial charge in [0.25, 0.3) is 0 Å². The topological polar surface area (TPSA) is 29.5 Å². The molecule has 1 aromatic rings. The maximum absolute atomic E-state index is 13.7. The molecule has 94 valence electrons. The van der Waals surface area contributed by atoms with E-state index in [9.17, 15) is 13.9 Å². The third kappa shape index (κ3) is 2.37. The van der Waals surface area contributed by atoms with Gasteiger partial charge in [-0.25, -0.2) is 8.78 Å². The second-order valence-corrected chi connectivity index (χ2v) is 5.00. The Hall–Kier alpha value is -0.520. The van der Waals surface area contributed by atoms with E-state index in [1.807, 2.05) is 0 Å². The van der Waals surface area contributed by atoms with Gasteiger partial charge in [0, 0.05) is 16.8 Å². The van der Waals surface area contributed by atoms with Gasteiger partial charge in [-0.05, 0) is 18.1 Å². The summed E-state index contributed by atoms with van der Waals surface area (Å²) in [4.78, 5) is 0. The van der Waals surface area contributed by atoms with Crippen LogP contribution >= 0.6 is 15.9 Å². The maximum Gasteiger partial charge on any atom is 0.130 e. The number of benzene rings is 1. The van der Waals surface area contributed by atoms with Crippen LogP contribution in [0.5, 0.6) is 0 Å². The predicted molar refractivity (Wildman–Crippen MR) is 63.3 cm³/mol. The molecule has 2 atom stereocenters. The van der Waals surface area contributed by atoms with Crippen LogP contribution in [0.15, 0.2) is 18.2 Å². The first kappa shape index (κ1) is 12.9. The van der Waals surface area contributed by atoms with Crippen LogP contribution in [0.1, 0.15) is 12.0 Å². The summed E-state index contributed by atoms with van der Waals surface area (Å²) in [6, 6.07) is 3.44. The monoisotopic (exact) mass is 306 g/mol. The Kier molecular flexibility index (Phi) is 3.80. The number of ether oxygens (including phenoxy) is 1. The van der Waals surface area contributed by atoms with Gasteiger partial charge in [0.15, 0.2) is 0 Å². The lowest BCUT2D eigenvalue weighted by Crippen LogP contribution is -2.32. The molecule has 5 heteroatoms. The lowest BCUT2D eigenvalue weighted by molar-refractivity contribution is 0.106. The zero-order valence-corrected chi connectivity index (χ0v) is 10.7. The van der Waals surface area contributed by atoms with Crippen LogP contribution in [0, 0.1) is 11.6 Å². The number of alkyl halides is 1. The van der Waals surface area contributed by atoms with Gasteiger partial charge in [0.05, 0.1) is 19.3 Å². The molecule has 2 unspecified atom stereocenters. The highest BCUT2D eigenvalue weighted by atomic mass is 79.9.